The fourth-order valence-electron chi connectivity index (χ4n) is 4.20. The zero-order chi connectivity index (χ0) is 18.1. The molecule has 2 aromatic heterocycles. The predicted molar refractivity (Wildman–Crippen MR) is 98.6 cm³/mol. The smallest absolute Gasteiger partial charge is 0.257 e. The Labute approximate surface area is 154 Å². The van der Waals surface area contributed by atoms with Gasteiger partial charge in [-0.25, -0.2) is 9.97 Å². The van der Waals surface area contributed by atoms with Crippen molar-refractivity contribution in [2.75, 3.05) is 19.6 Å². The van der Waals surface area contributed by atoms with Crippen LogP contribution in [-0.2, 0) is 6.54 Å². The molecule has 0 unspecified atom stereocenters. The van der Waals surface area contributed by atoms with E-state index in [0.29, 0.717) is 23.3 Å². The maximum atomic E-state index is 13.1. The molecule has 5 rings (SSSR count). The number of hydrogen-bond donors (Lipinski definition) is 0. The maximum Gasteiger partial charge on any atom is 0.257 e. The molecule has 0 radical (unpaired) electrons. The van der Waals surface area contributed by atoms with Gasteiger partial charge < -0.3 is 4.90 Å². The number of hydrogen-bond acceptors (Lipinski definition) is 5. The molecule has 2 atom stereocenters. The highest BCUT2D eigenvalue weighted by atomic mass is 16.2. The number of pyridine rings is 1. The van der Waals surface area contributed by atoms with Crippen LogP contribution < -0.4 is 0 Å². The summed E-state index contributed by atoms with van der Waals surface area (Å²) in [5, 5.41) is 0. The second kappa shape index (κ2) is 7.11. The molecule has 136 valence electrons. The van der Waals surface area contributed by atoms with Crippen LogP contribution in [0.5, 0.6) is 0 Å². The number of aryl methyl sites for hydroxylation is 2. The molecule has 2 aromatic rings. The van der Waals surface area contributed by atoms with Crippen LogP contribution in [-0.4, -0.2) is 56.3 Å². The average molecular weight is 351 g/mol. The molecule has 0 N–H and O–H groups in total. The standard InChI is InChI=1S/C20H25N5O/c1-14-19(9-22-15(2)23-14)20(26)25-11-16-6-7-18(13-25)24(10-16)12-17-5-3-4-8-21-17/h3-5,8-9,16,18H,6-7,10-13H2,1-2H3/t16-,18-/m0/s1. The molecule has 0 saturated carbocycles. The molecule has 3 aliphatic heterocycles. The van der Waals surface area contributed by atoms with Gasteiger partial charge in [0, 0.05) is 44.6 Å². The number of carbonyl (C=O) groups is 1. The Morgan fingerprint density at radius 1 is 1.15 bits per heavy atom. The number of fused-ring (bicyclic) bond motifs is 4. The summed E-state index contributed by atoms with van der Waals surface area (Å²) in [6, 6.07) is 6.46. The molecule has 6 heteroatoms. The SMILES string of the molecule is Cc1ncc(C(=O)N2C[C@H]3CC[C@@H](C2)N(Cc2ccccn2)C3)c(C)n1. The Morgan fingerprint density at radius 2 is 2.04 bits per heavy atom. The highest BCUT2D eigenvalue weighted by Crippen LogP contribution is 2.29. The molecule has 5 heterocycles. The van der Waals surface area contributed by atoms with Crippen LogP contribution in [0.2, 0.25) is 0 Å². The number of aromatic nitrogens is 3. The minimum Gasteiger partial charge on any atom is -0.337 e. The Morgan fingerprint density at radius 3 is 2.81 bits per heavy atom. The van der Waals surface area contributed by atoms with E-state index in [0.717, 1.165) is 44.0 Å². The highest BCUT2D eigenvalue weighted by Gasteiger charge is 2.37. The van der Waals surface area contributed by atoms with Crippen molar-refractivity contribution in [3.63, 3.8) is 0 Å². The van der Waals surface area contributed by atoms with E-state index in [1.54, 1.807) is 6.20 Å². The Kier molecular flexibility index (Phi) is 4.68. The van der Waals surface area contributed by atoms with Crippen LogP contribution >= 0.6 is 0 Å². The van der Waals surface area contributed by atoms with Crippen molar-refractivity contribution < 1.29 is 4.79 Å². The second-order valence-electron chi connectivity index (χ2n) is 7.47. The van der Waals surface area contributed by atoms with E-state index >= 15 is 0 Å². The maximum absolute atomic E-state index is 13.1. The zero-order valence-corrected chi connectivity index (χ0v) is 15.4. The molecular weight excluding hydrogens is 326 g/mol. The molecule has 26 heavy (non-hydrogen) atoms. The number of piperidine rings is 1. The van der Waals surface area contributed by atoms with Crippen molar-refractivity contribution >= 4 is 5.91 Å². The van der Waals surface area contributed by atoms with Gasteiger partial charge in [0.05, 0.1) is 17.0 Å². The third-order valence-electron chi connectivity index (χ3n) is 5.54. The van der Waals surface area contributed by atoms with E-state index in [4.69, 9.17) is 0 Å². The molecule has 1 amide bonds. The largest absolute Gasteiger partial charge is 0.337 e. The molecule has 6 nitrogen and oxygen atoms in total. The molecule has 0 aromatic carbocycles. The Bertz CT molecular complexity index is 794. The van der Waals surface area contributed by atoms with Gasteiger partial charge in [0.2, 0.25) is 0 Å². The van der Waals surface area contributed by atoms with Crippen LogP contribution in [0.15, 0.2) is 30.6 Å². The summed E-state index contributed by atoms with van der Waals surface area (Å²) >= 11 is 0. The highest BCUT2D eigenvalue weighted by molar-refractivity contribution is 5.95. The van der Waals surface area contributed by atoms with Gasteiger partial charge >= 0.3 is 0 Å². The second-order valence-corrected chi connectivity index (χ2v) is 7.47. The zero-order valence-electron chi connectivity index (χ0n) is 15.4. The van der Waals surface area contributed by atoms with Gasteiger partial charge in [-0.2, -0.15) is 0 Å². The van der Waals surface area contributed by atoms with Gasteiger partial charge in [-0.1, -0.05) is 6.07 Å². The van der Waals surface area contributed by atoms with Crippen LogP contribution in [0.25, 0.3) is 0 Å². The quantitative estimate of drug-likeness (QED) is 0.848. The lowest BCUT2D eigenvalue weighted by atomic mass is 9.95. The van der Waals surface area contributed by atoms with Crippen molar-refractivity contribution in [1.29, 1.82) is 0 Å². The number of nitrogens with zero attached hydrogens (tertiary/aromatic N) is 5. The van der Waals surface area contributed by atoms with Gasteiger partial charge in [0.15, 0.2) is 0 Å². The fourth-order valence-corrected chi connectivity index (χ4v) is 4.20. The van der Waals surface area contributed by atoms with Crippen LogP contribution in [0.3, 0.4) is 0 Å². The van der Waals surface area contributed by atoms with E-state index in [9.17, 15) is 4.79 Å². The summed E-state index contributed by atoms with van der Waals surface area (Å²) in [6.45, 7) is 7.23. The van der Waals surface area contributed by atoms with E-state index in [2.05, 4.69) is 25.9 Å². The lowest BCUT2D eigenvalue weighted by Gasteiger charge is -2.35. The molecule has 3 fully saturated rings. The normalized spacial score (nSPS) is 23.1. The first-order chi connectivity index (χ1) is 12.6. The van der Waals surface area contributed by atoms with Gasteiger partial charge in [0.25, 0.3) is 5.91 Å². The molecule has 0 aliphatic carbocycles. The van der Waals surface area contributed by atoms with Gasteiger partial charge in [-0.3, -0.25) is 14.7 Å². The molecular formula is C20H25N5O. The van der Waals surface area contributed by atoms with Crippen molar-refractivity contribution in [1.82, 2.24) is 24.8 Å². The van der Waals surface area contributed by atoms with Gasteiger partial charge in [-0.15, -0.1) is 0 Å². The van der Waals surface area contributed by atoms with Gasteiger partial charge in [0.1, 0.15) is 5.82 Å². The number of rotatable bonds is 3. The van der Waals surface area contributed by atoms with Gasteiger partial charge in [-0.05, 0) is 44.7 Å². The summed E-state index contributed by atoms with van der Waals surface area (Å²) in [6.07, 6.45) is 5.86. The minimum atomic E-state index is 0.0686. The van der Waals surface area contributed by atoms with Crippen molar-refractivity contribution in [3.05, 3.63) is 53.4 Å². The summed E-state index contributed by atoms with van der Waals surface area (Å²) in [4.78, 5) is 30.7. The lowest BCUT2D eigenvalue weighted by molar-refractivity contribution is 0.0734. The summed E-state index contributed by atoms with van der Waals surface area (Å²) in [7, 11) is 0. The Balaban J connectivity index is 1.51. The summed E-state index contributed by atoms with van der Waals surface area (Å²) < 4.78 is 0. The van der Waals surface area contributed by atoms with Crippen LogP contribution in [0, 0.1) is 19.8 Å². The molecule has 2 bridgehead atoms. The topological polar surface area (TPSA) is 62.2 Å². The van der Waals surface area contributed by atoms with E-state index < -0.39 is 0 Å². The first-order valence-corrected chi connectivity index (χ1v) is 9.33. The number of amides is 1. The summed E-state index contributed by atoms with van der Waals surface area (Å²) in [5.41, 5.74) is 2.50. The lowest BCUT2D eigenvalue weighted by Crippen LogP contribution is -2.44. The number of carbonyl (C=O) groups excluding carboxylic acids is 1. The van der Waals surface area contributed by atoms with E-state index in [-0.39, 0.29) is 5.91 Å². The predicted octanol–water partition coefficient (Wildman–Crippen LogP) is 2.23. The molecule has 0 spiro atoms. The third kappa shape index (κ3) is 3.46. The van der Waals surface area contributed by atoms with E-state index in [1.807, 2.05) is 37.1 Å². The van der Waals surface area contributed by atoms with E-state index in [1.165, 1.54) is 6.42 Å². The monoisotopic (exact) mass is 351 g/mol. The first kappa shape index (κ1) is 17.1. The van der Waals surface area contributed by atoms with Crippen molar-refractivity contribution in [2.45, 2.75) is 39.3 Å². The molecule has 3 aliphatic rings. The Hall–Kier alpha value is -2.34. The average Bonchev–Trinajstić information content (AvgIpc) is 2.94. The van der Waals surface area contributed by atoms with Crippen molar-refractivity contribution in [3.8, 4) is 0 Å². The fraction of sp³-hybridized carbons (Fsp3) is 0.500. The van der Waals surface area contributed by atoms with Crippen molar-refractivity contribution in [2.24, 2.45) is 5.92 Å². The van der Waals surface area contributed by atoms with Crippen LogP contribution in [0.1, 0.15) is 40.4 Å². The molecule has 3 saturated heterocycles. The van der Waals surface area contributed by atoms with Crippen LogP contribution in [0.4, 0.5) is 0 Å². The first-order valence-electron chi connectivity index (χ1n) is 9.33. The summed E-state index contributed by atoms with van der Waals surface area (Å²) in [5.74, 6) is 1.30. The third-order valence-corrected chi connectivity index (χ3v) is 5.54. The minimum absolute atomic E-state index is 0.0686.